The first kappa shape index (κ1) is 94.4. The van der Waals surface area contributed by atoms with Crippen LogP contribution in [0.25, 0.3) is 110 Å². The third-order valence-corrected chi connectivity index (χ3v) is 19.1. The Bertz CT molecular complexity index is 5620. The van der Waals surface area contributed by atoms with Crippen LogP contribution in [0.2, 0.25) is 0 Å². The summed E-state index contributed by atoms with van der Waals surface area (Å²) in [4.78, 5) is 35.9. The fraction of sp³-hybridized carbons (Fsp3) is 0.248. The van der Waals surface area contributed by atoms with Gasteiger partial charge >= 0.3 is 0 Å². The van der Waals surface area contributed by atoms with Crippen molar-refractivity contribution in [2.75, 3.05) is 35.8 Å². The van der Waals surface area contributed by atoms with Crippen LogP contribution in [0, 0.1) is 20.8 Å². The molecule has 16 aromatic rings. The summed E-state index contributed by atoms with van der Waals surface area (Å²) in [5, 5.41) is 5.68. The van der Waals surface area contributed by atoms with Crippen LogP contribution in [-0.2, 0) is 19.5 Å². The molecule has 0 amide bonds. The molecule has 0 N–H and O–H groups in total. The first-order valence-corrected chi connectivity index (χ1v) is 43.1. The lowest BCUT2D eigenvalue weighted by Crippen LogP contribution is -2.20. The van der Waals surface area contributed by atoms with E-state index >= 15 is 0 Å². The van der Waals surface area contributed by atoms with Crippen molar-refractivity contribution < 1.29 is 0 Å². The highest BCUT2D eigenvalue weighted by atomic mass is 15.2. The third kappa shape index (κ3) is 23.4. The summed E-state index contributed by atoms with van der Waals surface area (Å²) in [6.07, 6.45) is 0.961. The highest BCUT2D eigenvalue weighted by Gasteiger charge is 2.26. The molecule has 3 aromatic heterocycles. The Kier molecular flexibility index (Phi) is 40.1. The zero-order valence-corrected chi connectivity index (χ0v) is 75.1. The van der Waals surface area contributed by atoms with Gasteiger partial charge in [-0.05, 0) is 136 Å². The summed E-state index contributed by atoms with van der Waals surface area (Å²) >= 11 is 0. The standard InChI is InChI=1S/C33H27N3.C30H25N3.C28H23N3.9C2H6/c1-23-28-19-17-26-15-9-10-16-29(26)33(28)35-32(34-23)22-36(2)31-20-18-27(24-11-5-3-6-12-24)21-30(31)25-13-7-4-8-14-25;1-20-23-13-8-9-15-27(23)32-29(31-20)19-33(2)28-17-16-25-24-14-7-6-12-22(24)18-26(25)30(28)21-10-4-3-5-11-21;1-20-24-15-9-10-16-26(24)30-28(29-20)31(2)27-18-17-23(21-11-5-3-6-12-21)19-25(27)22-13-7-4-8-14-22;9*1-2/h3-21H,22H2,1-2H3;3-17H,18-19H2,1-2H3;3-19H,1-2H3;9*1-2H3. The Labute approximate surface area is 708 Å². The minimum absolute atomic E-state index is 0.616. The maximum Gasteiger partial charge on any atom is 0.230 e. The van der Waals surface area contributed by atoms with Crippen molar-refractivity contribution in [1.82, 2.24) is 29.9 Å². The van der Waals surface area contributed by atoms with Gasteiger partial charge in [0, 0.05) is 82.1 Å². The largest absolute Gasteiger partial charge is 0.367 e. The van der Waals surface area contributed by atoms with E-state index in [1.165, 1.54) is 88.8 Å². The molecular weight excluding hydrogens is 1440 g/mol. The minimum atomic E-state index is 0.616. The number of para-hydroxylation sites is 2. The lowest BCUT2D eigenvalue weighted by atomic mass is 9.93. The number of anilines is 4. The Morgan fingerprint density at radius 1 is 0.263 bits per heavy atom. The van der Waals surface area contributed by atoms with E-state index in [-0.39, 0.29) is 0 Å². The van der Waals surface area contributed by atoms with E-state index in [0.29, 0.717) is 19.0 Å². The average molecular weight is 1570 g/mol. The first-order valence-electron chi connectivity index (χ1n) is 43.1. The van der Waals surface area contributed by atoms with E-state index in [4.69, 9.17) is 29.9 Å². The van der Waals surface area contributed by atoms with Crippen LogP contribution in [0.3, 0.4) is 0 Å². The number of rotatable bonds is 13. The van der Waals surface area contributed by atoms with E-state index in [1.54, 1.807) is 0 Å². The Morgan fingerprint density at radius 3 is 1.16 bits per heavy atom. The van der Waals surface area contributed by atoms with Crippen molar-refractivity contribution in [1.29, 1.82) is 0 Å². The second-order valence-electron chi connectivity index (χ2n) is 25.7. The van der Waals surface area contributed by atoms with Crippen molar-refractivity contribution in [2.45, 2.75) is 165 Å². The Balaban J connectivity index is 0.000000251. The molecule has 0 unspecified atom stereocenters. The fourth-order valence-electron chi connectivity index (χ4n) is 14.0. The highest BCUT2D eigenvalue weighted by molar-refractivity contribution is 6.06. The van der Waals surface area contributed by atoms with Crippen LogP contribution in [0.1, 0.15) is 164 Å². The van der Waals surface area contributed by atoms with Crippen LogP contribution >= 0.6 is 0 Å². The topological polar surface area (TPSA) is 87.1 Å². The molecule has 17 rings (SSSR count). The highest BCUT2D eigenvalue weighted by Crippen LogP contribution is 2.46. The summed E-state index contributed by atoms with van der Waals surface area (Å²) in [5.41, 5.74) is 27.0. The molecule has 0 fully saturated rings. The molecule has 13 aromatic carbocycles. The van der Waals surface area contributed by atoms with Crippen LogP contribution in [0.5, 0.6) is 0 Å². The number of aromatic nitrogens is 6. The smallest absolute Gasteiger partial charge is 0.230 e. The Hall–Kier alpha value is -12.5. The van der Waals surface area contributed by atoms with Gasteiger partial charge in [-0.25, -0.2) is 29.9 Å². The van der Waals surface area contributed by atoms with Crippen molar-refractivity contribution >= 4 is 66.5 Å². The molecule has 1 aliphatic rings. The van der Waals surface area contributed by atoms with Crippen molar-refractivity contribution in [2.24, 2.45) is 0 Å². The molecule has 0 radical (unpaired) electrons. The van der Waals surface area contributed by atoms with E-state index in [0.717, 1.165) is 84.8 Å². The van der Waals surface area contributed by atoms with Crippen LogP contribution in [-0.4, -0.2) is 51.0 Å². The molecule has 1 aliphatic carbocycles. The Morgan fingerprint density at radius 2 is 0.644 bits per heavy atom. The molecule has 0 atom stereocenters. The molecular formula is C109H129N9. The number of benzene rings is 13. The van der Waals surface area contributed by atoms with Gasteiger partial charge in [-0.3, -0.25) is 0 Å². The number of hydrogen-bond acceptors (Lipinski definition) is 9. The summed E-state index contributed by atoms with van der Waals surface area (Å²) in [6, 6.07) is 109. The summed E-state index contributed by atoms with van der Waals surface area (Å²) in [7, 11) is 6.30. The van der Waals surface area contributed by atoms with Crippen molar-refractivity contribution in [3.8, 4) is 66.8 Å². The van der Waals surface area contributed by atoms with E-state index in [2.05, 4.69) is 310 Å². The van der Waals surface area contributed by atoms with Crippen LogP contribution in [0.15, 0.2) is 309 Å². The summed E-state index contributed by atoms with van der Waals surface area (Å²) < 4.78 is 0. The molecule has 0 bridgehead atoms. The molecule has 9 heteroatoms. The fourth-order valence-corrected chi connectivity index (χ4v) is 14.0. The maximum absolute atomic E-state index is 5.04. The zero-order valence-electron chi connectivity index (χ0n) is 75.1. The van der Waals surface area contributed by atoms with Gasteiger partial charge in [-0.1, -0.05) is 392 Å². The molecule has 118 heavy (non-hydrogen) atoms. The van der Waals surface area contributed by atoms with Gasteiger partial charge in [-0.2, -0.15) is 0 Å². The third-order valence-electron chi connectivity index (χ3n) is 19.1. The lowest BCUT2D eigenvalue weighted by Gasteiger charge is -2.24. The van der Waals surface area contributed by atoms with Crippen molar-refractivity contribution in [3.63, 3.8) is 0 Å². The molecule has 0 spiro atoms. The maximum atomic E-state index is 5.04. The van der Waals surface area contributed by atoms with Gasteiger partial charge in [0.15, 0.2) is 0 Å². The SMILES string of the molecule is CC.CC.CC.CC.CC.CC.CC.CC.CC.Cc1nc(CN(C)c2ccc(-c3ccccc3)cc2-c2ccccc2)nc2c1ccc1ccccc12.Cc1nc(CN(C)c2ccc3c(c2-c2ccccc2)Cc2ccccc2-3)nc2ccccc12.Cc1nc(N(C)c2ccc(-c3ccccc3)cc2-c2ccccc2)nc2ccccc12. The van der Waals surface area contributed by atoms with Gasteiger partial charge in [0.2, 0.25) is 5.95 Å². The molecule has 610 valence electrons. The van der Waals surface area contributed by atoms with Crippen molar-refractivity contribution in [3.05, 3.63) is 349 Å². The van der Waals surface area contributed by atoms with Gasteiger partial charge in [0.1, 0.15) is 11.6 Å². The molecule has 0 aliphatic heterocycles. The lowest BCUT2D eigenvalue weighted by molar-refractivity contribution is 0.840. The van der Waals surface area contributed by atoms with E-state index in [9.17, 15) is 0 Å². The van der Waals surface area contributed by atoms with E-state index in [1.807, 2.05) is 181 Å². The predicted octanol–water partition coefficient (Wildman–Crippen LogP) is 31.2. The number of hydrogen-bond donors (Lipinski definition) is 0. The molecule has 0 saturated heterocycles. The monoisotopic (exact) mass is 1560 g/mol. The molecule has 9 nitrogen and oxygen atoms in total. The summed E-state index contributed by atoms with van der Waals surface area (Å²) in [5.74, 6) is 2.36. The van der Waals surface area contributed by atoms with Crippen LogP contribution < -0.4 is 14.7 Å². The number of aryl methyl sites for hydroxylation is 3. The second-order valence-corrected chi connectivity index (χ2v) is 25.7. The first-order chi connectivity index (χ1) is 58.1. The molecule has 3 heterocycles. The average Bonchev–Trinajstić information content (AvgIpc) is 1.56. The van der Waals surface area contributed by atoms with E-state index < -0.39 is 0 Å². The number of nitrogens with zero attached hydrogens (tertiary/aromatic N) is 9. The van der Waals surface area contributed by atoms with Gasteiger partial charge in [0.25, 0.3) is 0 Å². The summed E-state index contributed by atoms with van der Waals surface area (Å²) in [6.45, 7) is 43.4. The number of fused-ring (bicyclic) bond motifs is 8. The second kappa shape index (κ2) is 50.1. The predicted molar refractivity (Wildman–Crippen MR) is 519 cm³/mol. The quantitative estimate of drug-likeness (QED) is 0.105. The van der Waals surface area contributed by atoms with Crippen LogP contribution in [0.4, 0.5) is 23.0 Å². The normalized spacial score (nSPS) is 10.1. The van der Waals surface area contributed by atoms with Gasteiger partial charge in [-0.15, -0.1) is 0 Å². The minimum Gasteiger partial charge on any atom is -0.367 e. The van der Waals surface area contributed by atoms with Gasteiger partial charge < -0.3 is 14.7 Å². The van der Waals surface area contributed by atoms with Gasteiger partial charge in [0.05, 0.1) is 41.0 Å². The zero-order chi connectivity index (χ0) is 86.1. The molecule has 0 saturated carbocycles.